The van der Waals surface area contributed by atoms with E-state index in [1.807, 2.05) is 0 Å². The second-order valence-electron chi connectivity index (χ2n) is 7.52. The van der Waals surface area contributed by atoms with E-state index in [2.05, 4.69) is 29.4 Å². The van der Waals surface area contributed by atoms with Gasteiger partial charge in [0.05, 0.1) is 18.2 Å². The summed E-state index contributed by atoms with van der Waals surface area (Å²) in [5.41, 5.74) is 0. The van der Waals surface area contributed by atoms with Gasteiger partial charge in [-0.1, -0.05) is 6.92 Å². The maximum atomic E-state index is 5.93. The molecule has 5 heteroatoms. The number of piperidine rings is 1. The van der Waals surface area contributed by atoms with E-state index in [1.54, 1.807) is 0 Å². The van der Waals surface area contributed by atoms with Gasteiger partial charge in [0.2, 0.25) is 0 Å². The van der Waals surface area contributed by atoms with E-state index in [1.165, 1.54) is 45.3 Å². The minimum absolute atomic E-state index is 0.402. The number of hydrogen-bond donors (Lipinski definition) is 2. The first-order valence-corrected chi connectivity index (χ1v) is 9.67. The summed E-state index contributed by atoms with van der Waals surface area (Å²) in [5, 5.41) is 6.98. The molecule has 5 nitrogen and oxygen atoms in total. The third-order valence-electron chi connectivity index (χ3n) is 5.42. The molecule has 3 aliphatic heterocycles. The SMILES string of the molecule is CCNC(=NCCCN1CCCC(C)C1)NC1CC2CCC1O2. The number of fused-ring (bicyclic) bond motifs is 2. The Morgan fingerprint density at radius 2 is 2.22 bits per heavy atom. The van der Waals surface area contributed by atoms with E-state index in [-0.39, 0.29) is 0 Å². The maximum absolute atomic E-state index is 5.93. The van der Waals surface area contributed by atoms with E-state index in [0.29, 0.717) is 18.2 Å². The van der Waals surface area contributed by atoms with Crippen LogP contribution in [0.5, 0.6) is 0 Å². The van der Waals surface area contributed by atoms with Crippen LogP contribution in [0.25, 0.3) is 0 Å². The number of nitrogens with one attached hydrogen (secondary N) is 2. The van der Waals surface area contributed by atoms with Gasteiger partial charge >= 0.3 is 0 Å². The molecule has 4 unspecified atom stereocenters. The smallest absolute Gasteiger partial charge is 0.191 e. The van der Waals surface area contributed by atoms with Crippen LogP contribution in [0.2, 0.25) is 0 Å². The van der Waals surface area contributed by atoms with Gasteiger partial charge in [-0.3, -0.25) is 4.99 Å². The summed E-state index contributed by atoms with van der Waals surface area (Å²) in [4.78, 5) is 7.38. The van der Waals surface area contributed by atoms with E-state index >= 15 is 0 Å². The molecule has 0 spiro atoms. The quantitative estimate of drug-likeness (QED) is 0.446. The molecular weight excluding hydrogens is 288 g/mol. The molecule has 0 saturated carbocycles. The summed E-state index contributed by atoms with van der Waals surface area (Å²) >= 11 is 0. The number of hydrogen-bond acceptors (Lipinski definition) is 3. The Hall–Kier alpha value is -0.810. The Labute approximate surface area is 141 Å². The number of rotatable bonds is 6. The van der Waals surface area contributed by atoms with Crippen LogP contribution < -0.4 is 10.6 Å². The second kappa shape index (κ2) is 8.34. The first-order valence-electron chi connectivity index (χ1n) is 9.67. The van der Waals surface area contributed by atoms with Crippen molar-refractivity contribution in [3.63, 3.8) is 0 Å². The van der Waals surface area contributed by atoms with Gasteiger partial charge in [0.15, 0.2) is 5.96 Å². The Morgan fingerprint density at radius 1 is 1.30 bits per heavy atom. The molecule has 23 heavy (non-hydrogen) atoms. The molecule has 0 aliphatic carbocycles. The molecule has 3 rings (SSSR count). The zero-order valence-corrected chi connectivity index (χ0v) is 14.9. The fourth-order valence-corrected chi connectivity index (χ4v) is 4.26. The zero-order valence-electron chi connectivity index (χ0n) is 14.9. The molecule has 132 valence electrons. The van der Waals surface area contributed by atoms with Crippen LogP contribution in [-0.2, 0) is 4.74 Å². The molecule has 0 aromatic rings. The van der Waals surface area contributed by atoms with Gasteiger partial charge in [-0.05, 0) is 64.5 Å². The number of ether oxygens (including phenoxy) is 1. The van der Waals surface area contributed by atoms with Crippen molar-refractivity contribution < 1.29 is 4.74 Å². The molecule has 3 aliphatic rings. The van der Waals surface area contributed by atoms with Crippen LogP contribution >= 0.6 is 0 Å². The van der Waals surface area contributed by atoms with Gasteiger partial charge in [0, 0.05) is 19.6 Å². The molecule has 0 radical (unpaired) electrons. The van der Waals surface area contributed by atoms with Crippen molar-refractivity contribution in [3.8, 4) is 0 Å². The average molecular weight is 322 g/mol. The predicted molar refractivity (Wildman–Crippen MR) is 94.9 cm³/mol. The monoisotopic (exact) mass is 322 g/mol. The summed E-state index contributed by atoms with van der Waals surface area (Å²) in [6, 6.07) is 0.453. The lowest BCUT2D eigenvalue weighted by atomic mass is 9.96. The largest absolute Gasteiger partial charge is 0.373 e. The third-order valence-corrected chi connectivity index (χ3v) is 5.42. The van der Waals surface area contributed by atoms with Crippen molar-refractivity contribution in [2.24, 2.45) is 10.9 Å². The van der Waals surface area contributed by atoms with Crippen LogP contribution in [-0.4, -0.2) is 61.8 Å². The molecule has 2 N–H and O–H groups in total. The standard InChI is InChI=1S/C18H34N4O/c1-3-19-18(21-16-12-15-7-8-17(16)23-15)20-9-5-11-22-10-4-6-14(2)13-22/h14-17H,3-13H2,1-2H3,(H2,19,20,21). The van der Waals surface area contributed by atoms with Gasteiger partial charge in [0.25, 0.3) is 0 Å². The number of nitrogens with zero attached hydrogens (tertiary/aromatic N) is 2. The average Bonchev–Trinajstić information content (AvgIpc) is 3.14. The van der Waals surface area contributed by atoms with Crippen molar-refractivity contribution in [1.82, 2.24) is 15.5 Å². The van der Waals surface area contributed by atoms with Gasteiger partial charge in [-0.15, -0.1) is 0 Å². The molecule has 0 aromatic carbocycles. The molecular formula is C18H34N4O. The topological polar surface area (TPSA) is 48.9 Å². The van der Waals surface area contributed by atoms with Crippen LogP contribution in [0.3, 0.4) is 0 Å². The van der Waals surface area contributed by atoms with Crippen LogP contribution in [0.1, 0.15) is 52.4 Å². The van der Waals surface area contributed by atoms with Crippen LogP contribution in [0.15, 0.2) is 4.99 Å². The summed E-state index contributed by atoms with van der Waals surface area (Å²) in [6.07, 6.45) is 8.38. The number of aliphatic imine (C=N–C) groups is 1. The Kier molecular flexibility index (Phi) is 6.17. The second-order valence-corrected chi connectivity index (χ2v) is 7.52. The van der Waals surface area contributed by atoms with Crippen molar-refractivity contribution in [3.05, 3.63) is 0 Å². The summed E-state index contributed by atoms with van der Waals surface area (Å²) in [6.45, 7) is 10.0. The lowest BCUT2D eigenvalue weighted by Gasteiger charge is -2.30. The summed E-state index contributed by atoms with van der Waals surface area (Å²) < 4.78 is 5.93. The Bertz CT molecular complexity index is 400. The van der Waals surface area contributed by atoms with Gasteiger partial charge in [-0.25, -0.2) is 0 Å². The summed E-state index contributed by atoms with van der Waals surface area (Å²) in [5.74, 6) is 1.84. The minimum atomic E-state index is 0.402. The first-order chi connectivity index (χ1) is 11.2. The van der Waals surface area contributed by atoms with Gasteiger partial charge in [0.1, 0.15) is 0 Å². The predicted octanol–water partition coefficient (Wildman–Crippen LogP) is 1.98. The normalized spacial score (nSPS) is 34.8. The molecule has 3 heterocycles. The zero-order chi connectivity index (χ0) is 16.1. The van der Waals surface area contributed by atoms with Gasteiger partial charge in [-0.2, -0.15) is 0 Å². The molecule has 0 amide bonds. The summed E-state index contributed by atoms with van der Waals surface area (Å²) in [7, 11) is 0. The van der Waals surface area contributed by atoms with E-state index < -0.39 is 0 Å². The van der Waals surface area contributed by atoms with Crippen molar-refractivity contribution in [2.75, 3.05) is 32.7 Å². The lowest BCUT2D eigenvalue weighted by molar-refractivity contribution is 0.0992. The fourth-order valence-electron chi connectivity index (χ4n) is 4.26. The molecule has 3 fully saturated rings. The highest BCUT2D eigenvalue weighted by atomic mass is 16.5. The fraction of sp³-hybridized carbons (Fsp3) is 0.944. The van der Waals surface area contributed by atoms with Crippen LogP contribution in [0.4, 0.5) is 0 Å². The molecule has 4 atom stereocenters. The number of likely N-dealkylation sites (tertiary alicyclic amines) is 1. The van der Waals surface area contributed by atoms with Crippen molar-refractivity contribution >= 4 is 5.96 Å². The lowest BCUT2D eigenvalue weighted by Crippen LogP contribution is -2.47. The maximum Gasteiger partial charge on any atom is 0.191 e. The van der Waals surface area contributed by atoms with Crippen LogP contribution in [0, 0.1) is 5.92 Å². The Morgan fingerprint density at radius 3 is 2.91 bits per heavy atom. The van der Waals surface area contributed by atoms with E-state index in [0.717, 1.165) is 37.8 Å². The third kappa shape index (κ3) is 4.83. The molecule has 2 bridgehead atoms. The Balaban J connectivity index is 1.39. The van der Waals surface area contributed by atoms with Gasteiger partial charge < -0.3 is 20.3 Å². The first kappa shape index (κ1) is 17.0. The van der Waals surface area contributed by atoms with E-state index in [4.69, 9.17) is 9.73 Å². The minimum Gasteiger partial charge on any atom is -0.373 e. The number of guanidine groups is 1. The highest BCUT2D eigenvalue weighted by Gasteiger charge is 2.41. The molecule has 0 aromatic heterocycles. The molecule has 3 saturated heterocycles. The van der Waals surface area contributed by atoms with E-state index in [9.17, 15) is 0 Å². The highest BCUT2D eigenvalue weighted by Crippen LogP contribution is 2.34. The highest BCUT2D eigenvalue weighted by molar-refractivity contribution is 5.80. The van der Waals surface area contributed by atoms with Crippen molar-refractivity contribution in [1.29, 1.82) is 0 Å². The van der Waals surface area contributed by atoms with Crippen molar-refractivity contribution in [2.45, 2.75) is 70.6 Å².